The number of amides is 1. The van der Waals surface area contributed by atoms with Crippen LogP contribution in [0.4, 0.5) is 11.5 Å². The molecule has 0 saturated heterocycles. The summed E-state index contributed by atoms with van der Waals surface area (Å²) >= 11 is 5.66. The molecule has 1 aliphatic rings. The van der Waals surface area contributed by atoms with Crippen LogP contribution in [0.1, 0.15) is 12.8 Å². The van der Waals surface area contributed by atoms with Crippen molar-refractivity contribution < 1.29 is 14.3 Å². The van der Waals surface area contributed by atoms with Gasteiger partial charge in [-0.3, -0.25) is 9.59 Å². The van der Waals surface area contributed by atoms with Crippen molar-refractivity contribution in [1.82, 2.24) is 9.97 Å². The van der Waals surface area contributed by atoms with Gasteiger partial charge in [0, 0.05) is 6.42 Å². The lowest BCUT2D eigenvalue weighted by atomic mass is 10.1. The predicted octanol–water partition coefficient (Wildman–Crippen LogP) is 0.816. The molecule has 0 bridgehead atoms. The van der Waals surface area contributed by atoms with Crippen molar-refractivity contribution in [1.29, 1.82) is 0 Å². The molecule has 2 N–H and O–H groups in total. The fourth-order valence-electron chi connectivity index (χ4n) is 1.58. The van der Waals surface area contributed by atoms with E-state index in [2.05, 4.69) is 25.3 Å². The molecule has 1 aromatic rings. The molecule has 1 amide bonds. The normalized spacial score (nSPS) is 17.4. The molecule has 0 aromatic carbocycles. The summed E-state index contributed by atoms with van der Waals surface area (Å²) in [5.74, 6) is -0.155. The molecule has 0 radical (unpaired) electrons. The Morgan fingerprint density at radius 2 is 2.39 bits per heavy atom. The number of nitrogens with zero attached hydrogens (tertiary/aromatic N) is 2. The standard InChI is InChI=1S/C10H11ClN4O3/c1-18-7(16)3-2-5-9(17)14-6-4-12-10(11)15-8(6)13-5/h4-5H,2-3H2,1H3,(H,14,17)(H,12,13,15)/t5-/m0/s1. The first-order chi connectivity index (χ1) is 8.60. The molecule has 1 aliphatic heterocycles. The van der Waals surface area contributed by atoms with Crippen LogP contribution in [0.3, 0.4) is 0 Å². The molecule has 96 valence electrons. The number of aromatic nitrogens is 2. The fraction of sp³-hybridized carbons (Fsp3) is 0.400. The molecule has 0 unspecified atom stereocenters. The third-order valence-corrected chi connectivity index (χ3v) is 2.69. The first-order valence-corrected chi connectivity index (χ1v) is 5.64. The number of anilines is 2. The highest BCUT2D eigenvalue weighted by molar-refractivity contribution is 6.28. The number of methoxy groups -OCH3 is 1. The minimum absolute atomic E-state index is 0.0871. The number of nitrogens with one attached hydrogen (secondary N) is 2. The van der Waals surface area contributed by atoms with E-state index >= 15 is 0 Å². The average molecular weight is 271 g/mol. The summed E-state index contributed by atoms with van der Waals surface area (Å²) in [7, 11) is 1.30. The first kappa shape index (κ1) is 12.6. The molecule has 2 heterocycles. The van der Waals surface area contributed by atoms with Gasteiger partial charge in [-0.25, -0.2) is 4.98 Å². The number of ether oxygens (including phenoxy) is 1. The number of rotatable bonds is 3. The van der Waals surface area contributed by atoms with Crippen molar-refractivity contribution in [2.75, 3.05) is 17.7 Å². The molecular weight excluding hydrogens is 260 g/mol. The van der Waals surface area contributed by atoms with Gasteiger partial charge in [0.15, 0.2) is 5.82 Å². The highest BCUT2D eigenvalue weighted by Gasteiger charge is 2.27. The van der Waals surface area contributed by atoms with Gasteiger partial charge in [0.1, 0.15) is 11.7 Å². The summed E-state index contributed by atoms with van der Waals surface area (Å²) < 4.78 is 4.52. The van der Waals surface area contributed by atoms with Crippen LogP contribution in [-0.2, 0) is 14.3 Å². The highest BCUT2D eigenvalue weighted by Crippen LogP contribution is 2.25. The molecule has 0 spiro atoms. The SMILES string of the molecule is COC(=O)CC[C@@H]1Nc2nc(Cl)ncc2NC1=O. The Kier molecular flexibility index (Phi) is 3.61. The van der Waals surface area contributed by atoms with Crippen LogP contribution in [-0.4, -0.2) is 35.0 Å². The summed E-state index contributed by atoms with van der Waals surface area (Å²) in [5, 5.41) is 5.64. The number of hydrogen-bond acceptors (Lipinski definition) is 6. The molecule has 1 aromatic heterocycles. The molecule has 0 saturated carbocycles. The van der Waals surface area contributed by atoms with E-state index < -0.39 is 6.04 Å². The lowest BCUT2D eigenvalue weighted by Gasteiger charge is -2.25. The Balaban J connectivity index is 2.07. The van der Waals surface area contributed by atoms with Gasteiger partial charge in [-0.15, -0.1) is 0 Å². The van der Waals surface area contributed by atoms with Crippen molar-refractivity contribution in [2.45, 2.75) is 18.9 Å². The molecule has 7 nitrogen and oxygen atoms in total. The summed E-state index contributed by atoms with van der Waals surface area (Å²) in [6.07, 6.45) is 1.89. The zero-order valence-corrected chi connectivity index (χ0v) is 10.3. The number of halogens is 1. The Morgan fingerprint density at radius 1 is 1.61 bits per heavy atom. The van der Waals surface area contributed by atoms with Gasteiger partial charge in [-0.1, -0.05) is 0 Å². The maximum atomic E-state index is 11.7. The van der Waals surface area contributed by atoms with Crippen LogP contribution in [0.2, 0.25) is 5.28 Å². The molecular formula is C10H11ClN4O3. The van der Waals surface area contributed by atoms with Crippen LogP contribution in [0.15, 0.2) is 6.20 Å². The summed E-state index contributed by atoms with van der Waals surface area (Å²) in [6, 6.07) is -0.539. The molecule has 18 heavy (non-hydrogen) atoms. The van der Waals surface area contributed by atoms with E-state index in [9.17, 15) is 9.59 Å². The van der Waals surface area contributed by atoms with E-state index in [1.54, 1.807) is 0 Å². The highest BCUT2D eigenvalue weighted by atomic mass is 35.5. The third-order valence-electron chi connectivity index (χ3n) is 2.51. The van der Waals surface area contributed by atoms with E-state index in [0.717, 1.165) is 0 Å². The van der Waals surface area contributed by atoms with E-state index in [4.69, 9.17) is 11.6 Å². The van der Waals surface area contributed by atoms with Crippen LogP contribution in [0, 0.1) is 0 Å². The Hall–Kier alpha value is -1.89. The topological polar surface area (TPSA) is 93.2 Å². The number of carbonyl (C=O) groups is 2. The zero-order valence-electron chi connectivity index (χ0n) is 9.57. The molecule has 0 fully saturated rings. The largest absolute Gasteiger partial charge is 0.469 e. The first-order valence-electron chi connectivity index (χ1n) is 5.27. The third kappa shape index (κ3) is 2.67. The fourth-order valence-corrected chi connectivity index (χ4v) is 1.71. The lowest BCUT2D eigenvalue weighted by Crippen LogP contribution is -2.39. The number of fused-ring (bicyclic) bond motifs is 1. The van der Waals surface area contributed by atoms with E-state index in [1.165, 1.54) is 13.3 Å². The van der Waals surface area contributed by atoms with E-state index in [-0.39, 0.29) is 23.6 Å². The number of carbonyl (C=O) groups excluding carboxylic acids is 2. The molecule has 8 heteroatoms. The van der Waals surface area contributed by atoms with Gasteiger partial charge in [-0.2, -0.15) is 4.98 Å². The summed E-state index contributed by atoms with van der Waals surface area (Å²) in [4.78, 5) is 30.5. The monoisotopic (exact) mass is 270 g/mol. The van der Waals surface area contributed by atoms with Crippen molar-refractivity contribution in [3.05, 3.63) is 11.5 Å². The van der Waals surface area contributed by atoms with Gasteiger partial charge < -0.3 is 15.4 Å². The number of hydrogen-bond donors (Lipinski definition) is 2. The van der Waals surface area contributed by atoms with Crippen molar-refractivity contribution in [3.63, 3.8) is 0 Å². The van der Waals surface area contributed by atoms with Crippen LogP contribution < -0.4 is 10.6 Å². The van der Waals surface area contributed by atoms with Gasteiger partial charge in [0.25, 0.3) is 0 Å². The Labute approximate surface area is 108 Å². The van der Waals surface area contributed by atoms with Crippen LogP contribution in [0.5, 0.6) is 0 Å². The smallest absolute Gasteiger partial charge is 0.305 e. The maximum Gasteiger partial charge on any atom is 0.305 e. The molecule has 1 atom stereocenters. The minimum atomic E-state index is -0.539. The van der Waals surface area contributed by atoms with E-state index in [0.29, 0.717) is 17.9 Å². The van der Waals surface area contributed by atoms with E-state index in [1.807, 2.05) is 0 Å². The maximum absolute atomic E-state index is 11.7. The van der Waals surface area contributed by atoms with Gasteiger partial charge in [-0.05, 0) is 18.0 Å². The minimum Gasteiger partial charge on any atom is -0.469 e. The van der Waals surface area contributed by atoms with Crippen molar-refractivity contribution in [3.8, 4) is 0 Å². The molecule has 0 aliphatic carbocycles. The van der Waals surface area contributed by atoms with Gasteiger partial charge in [0.2, 0.25) is 11.2 Å². The number of esters is 1. The average Bonchev–Trinajstić information content (AvgIpc) is 2.36. The van der Waals surface area contributed by atoms with Gasteiger partial charge in [0.05, 0.1) is 13.3 Å². The predicted molar refractivity (Wildman–Crippen MR) is 64.3 cm³/mol. The van der Waals surface area contributed by atoms with Crippen LogP contribution in [0.25, 0.3) is 0 Å². The van der Waals surface area contributed by atoms with Gasteiger partial charge >= 0.3 is 5.97 Å². The quantitative estimate of drug-likeness (QED) is 0.624. The van der Waals surface area contributed by atoms with Crippen molar-refractivity contribution >= 4 is 35.0 Å². The summed E-state index contributed by atoms with van der Waals surface area (Å²) in [5.41, 5.74) is 0.471. The second-order valence-electron chi connectivity index (χ2n) is 3.70. The lowest BCUT2D eigenvalue weighted by molar-refractivity contribution is -0.140. The second kappa shape index (κ2) is 5.18. The van der Waals surface area contributed by atoms with Crippen LogP contribution >= 0.6 is 11.6 Å². The van der Waals surface area contributed by atoms with Crippen molar-refractivity contribution in [2.24, 2.45) is 0 Å². The Morgan fingerprint density at radius 3 is 3.11 bits per heavy atom. The molecule has 2 rings (SSSR count). The summed E-state index contributed by atoms with van der Waals surface area (Å²) in [6.45, 7) is 0. The second-order valence-corrected chi connectivity index (χ2v) is 4.04. The zero-order chi connectivity index (χ0) is 13.1. The Bertz CT molecular complexity index is 494.